The molecule has 14 heavy (non-hydrogen) atoms. The van der Waals surface area contributed by atoms with E-state index in [1.807, 2.05) is 0 Å². The van der Waals surface area contributed by atoms with E-state index >= 15 is 0 Å². The molecule has 0 aromatic heterocycles. The van der Waals surface area contributed by atoms with E-state index in [4.69, 9.17) is 14.9 Å². The van der Waals surface area contributed by atoms with Gasteiger partial charge in [-0.1, -0.05) is 6.92 Å². The van der Waals surface area contributed by atoms with Crippen molar-refractivity contribution in [2.45, 2.75) is 32.5 Å². The first-order valence-electron chi connectivity index (χ1n) is 4.69. The van der Waals surface area contributed by atoms with E-state index in [0.29, 0.717) is 6.10 Å². The molecule has 2 rings (SSSR count). The zero-order valence-electron chi connectivity index (χ0n) is 9.40. The summed E-state index contributed by atoms with van der Waals surface area (Å²) in [6, 6.07) is 0. The van der Waals surface area contributed by atoms with Crippen molar-refractivity contribution in [3.05, 3.63) is 0 Å². The van der Waals surface area contributed by atoms with Crippen molar-refractivity contribution in [3.63, 3.8) is 0 Å². The number of hydrogen-bond acceptors (Lipinski definition) is 4. The second kappa shape index (κ2) is 12.5. The SMILES string of the molecule is C1CO1.CC(O)CO.CCC1CO1.[HH].[K]. The molecule has 2 N–H and O–H groups in total. The van der Waals surface area contributed by atoms with Crippen LogP contribution in [0, 0.1) is 0 Å². The van der Waals surface area contributed by atoms with E-state index in [2.05, 4.69) is 11.7 Å². The van der Waals surface area contributed by atoms with Crippen LogP contribution >= 0.6 is 0 Å². The zero-order chi connectivity index (χ0) is 10.1. The monoisotopic (exact) mass is 233 g/mol. The fourth-order valence-electron chi connectivity index (χ4n) is 0.304. The summed E-state index contributed by atoms with van der Waals surface area (Å²) in [5.74, 6) is 0. The van der Waals surface area contributed by atoms with Gasteiger partial charge < -0.3 is 19.7 Å². The van der Waals surface area contributed by atoms with Crippen molar-refractivity contribution in [3.8, 4) is 0 Å². The summed E-state index contributed by atoms with van der Waals surface area (Å²) in [6.07, 6.45) is 1.27. The summed E-state index contributed by atoms with van der Waals surface area (Å²) >= 11 is 0. The maximum absolute atomic E-state index is 8.11. The Hall–Kier alpha value is 1.48. The minimum absolute atomic E-state index is 0. The molecule has 0 amide bonds. The first-order valence-corrected chi connectivity index (χ1v) is 4.69. The Morgan fingerprint density at radius 3 is 1.86 bits per heavy atom. The predicted octanol–water partition coefficient (Wildman–Crippen LogP) is 0.0365. The number of ether oxygens (including phenoxy) is 2. The summed E-state index contributed by atoms with van der Waals surface area (Å²) < 4.78 is 9.36. The van der Waals surface area contributed by atoms with Crippen LogP contribution in [0.25, 0.3) is 0 Å². The fraction of sp³-hybridized carbons (Fsp3) is 1.00. The molecule has 0 aromatic carbocycles. The molecule has 0 bridgehead atoms. The molecule has 83 valence electrons. The number of aliphatic hydroxyl groups excluding tert-OH is 2. The zero-order valence-corrected chi connectivity index (χ0v) is 12.5. The summed E-state index contributed by atoms with van der Waals surface area (Å²) in [5.41, 5.74) is 0. The summed E-state index contributed by atoms with van der Waals surface area (Å²) in [4.78, 5) is 0. The molecule has 2 unspecified atom stereocenters. The van der Waals surface area contributed by atoms with Gasteiger partial charge in [0.25, 0.3) is 0 Å². The molecule has 2 saturated heterocycles. The van der Waals surface area contributed by atoms with Gasteiger partial charge >= 0.3 is 0 Å². The van der Waals surface area contributed by atoms with Gasteiger partial charge in [-0.15, -0.1) is 0 Å². The molecule has 0 aromatic rings. The Morgan fingerprint density at radius 2 is 1.86 bits per heavy atom. The number of aliphatic hydroxyl groups is 2. The third-order valence-electron chi connectivity index (χ3n) is 1.33. The van der Waals surface area contributed by atoms with Crippen molar-refractivity contribution in [1.82, 2.24) is 0 Å². The molecular weight excluding hydrogens is 211 g/mol. The summed E-state index contributed by atoms with van der Waals surface area (Å²) in [5, 5.41) is 16.0. The molecule has 2 fully saturated rings. The van der Waals surface area contributed by atoms with E-state index in [0.717, 1.165) is 19.8 Å². The van der Waals surface area contributed by atoms with Crippen LogP contribution in [0.4, 0.5) is 0 Å². The Balaban J connectivity index is -0.000000138. The molecule has 2 heterocycles. The summed E-state index contributed by atoms with van der Waals surface area (Å²) in [7, 11) is 0. The van der Waals surface area contributed by atoms with Crippen molar-refractivity contribution >= 4 is 51.4 Å². The topological polar surface area (TPSA) is 65.5 Å². The van der Waals surface area contributed by atoms with Crippen molar-refractivity contribution in [2.75, 3.05) is 26.4 Å². The molecule has 4 nitrogen and oxygen atoms in total. The summed E-state index contributed by atoms with van der Waals surface area (Å²) in [6.45, 7) is 6.54. The first-order chi connectivity index (χ1) is 6.20. The third-order valence-corrected chi connectivity index (χ3v) is 1.33. The minimum Gasteiger partial charge on any atom is -0.394 e. The van der Waals surface area contributed by atoms with Crippen molar-refractivity contribution in [2.24, 2.45) is 0 Å². The van der Waals surface area contributed by atoms with Crippen LogP contribution in [0.1, 0.15) is 21.7 Å². The van der Waals surface area contributed by atoms with Gasteiger partial charge in [0.1, 0.15) is 0 Å². The Bertz CT molecular complexity index is 106. The predicted molar refractivity (Wildman–Crippen MR) is 57.5 cm³/mol. The van der Waals surface area contributed by atoms with Crippen LogP contribution in [0.3, 0.4) is 0 Å². The van der Waals surface area contributed by atoms with Crippen molar-refractivity contribution < 1.29 is 21.1 Å². The number of hydrogen-bond donors (Lipinski definition) is 2. The van der Waals surface area contributed by atoms with E-state index in [1.54, 1.807) is 0 Å². The van der Waals surface area contributed by atoms with Gasteiger partial charge in [-0.3, -0.25) is 0 Å². The molecule has 2 aliphatic heterocycles. The van der Waals surface area contributed by atoms with Crippen LogP contribution in [-0.2, 0) is 9.47 Å². The average Bonchev–Trinajstić information content (AvgIpc) is 2.91. The Morgan fingerprint density at radius 1 is 1.50 bits per heavy atom. The van der Waals surface area contributed by atoms with Crippen LogP contribution < -0.4 is 0 Å². The van der Waals surface area contributed by atoms with Crippen LogP contribution in [0.2, 0.25) is 0 Å². The van der Waals surface area contributed by atoms with Gasteiger partial charge in [-0.2, -0.15) is 0 Å². The van der Waals surface area contributed by atoms with Gasteiger partial charge in [-0.05, 0) is 13.3 Å². The molecule has 2 atom stereocenters. The van der Waals surface area contributed by atoms with Gasteiger partial charge in [0.15, 0.2) is 0 Å². The van der Waals surface area contributed by atoms with Gasteiger partial charge in [0.2, 0.25) is 0 Å². The standard InChI is InChI=1S/C4H8O.C3H8O2.C2H4O.K.H2/c1-2-4-3-5-4;1-3(5)2-4;1-2-3-1;;/h4H,2-3H2,1H3;3-5H,2H2,1H3;1-2H2;;1H. The Kier molecular flexibility index (Phi) is 16.0. The average molecular weight is 233 g/mol. The molecule has 5 heteroatoms. The van der Waals surface area contributed by atoms with Crippen LogP contribution in [0.5, 0.6) is 0 Å². The minimum atomic E-state index is -0.560. The second-order valence-corrected chi connectivity index (χ2v) is 3.01. The van der Waals surface area contributed by atoms with Crippen LogP contribution in [-0.4, -0.2) is 100 Å². The van der Waals surface area contributed by atoms with E-state index in [9.17, 15) is 0 Å². The smallest absolute Gasteiger partial charge is 0.0807 e. The molecule has 1 radical (unpaired) electrons. The third kappa shape index (κ3) is 23.4. The largest absolute Gasteiger partial charge is 0.394 e. The quantitative estimate of drug-likeness (QED) is 0.522. The molecule has 2 aliphatic rings. The van der Waals surface area contributed by atoms with Crippen LogP contribution in [0.15, 0.2) is 0 Å². The Labute approximate surface area is 130 Å². The molecule has 0 spiro atoms. The van der Waals surface area contributed by atoms with E-state index in [1.165, 1.54) is 13.3 Å². The normalized spacial score (nSPS) is 22.7. The fourth-order valence-corrected chi connectivity index (χ4v) is 0.304. The number of epoxide rings is 2. The molecule has 0 saturated carbocycles. The molecule has 0 aliphatic carbocycles. The van der Waals surface area contributed by atoms with Gasteiger partial charge in [0.05, 0.1) is 38.6 Å². The first kappa shape index (κ1) is 17.9. The van der Waals surface area contributed by atoms with E-state index in [-0.39, 0.29) is 59.4 Å². The number of rotatable bonds is 2. The van der Waals surface area contributed by atoms with Gasteiger partial charge in [-0.25, -0.2) is 0 Å². The van der Waals surface area contributed by atoms with E-state index < -0.39 is 6.10 Å². The maximum Gasteiger partial charge on any atom is 0.0807 e. The molecular formula is C9H22KO4. The van der Waals surface area contributed by atoms with Gasteiger partial charge in [0, 0.05) is 52.8 Å². The van der Waals surface area contributed by atoms with Crippen molar-refractivity contribution in [1.29, 1.82) is 0 Å². The second-order valence-electron chi connectivity index (χ2n) is 3.01. The maximum atomic E-state index is 8.11.